The molecule has 4 heteroatoms. The predicted octanol–water partition coefficient (Wildman–Crippen LogP) is 3.07. The van der Waals surface area contributed by atoms with Crippen LogP contribution in [-0.4, -0.2) is 42.9 Å². The zero-order valence-corrected chi connectivity index (χ0v) is 12.6. The predicted molar refractivity (Wildman–Crippen MR) is 80.4 cm³/mol. The molecule has 0 bridgehead atoms. The fraction of sp³-hybridized carbons (Fsp3) is 0.533. The minimum atomic E-state index is 0.0534. The lowest BCUT2D eigenvalue weighted by Gasteiger charge is -2.40. The second-order valence-corrected chi connectivity index (χ2v) is 5.55. The third-order valence-corrected chi connectivity index (χ3v) is 4.17. The minimum absolute atomic E-state index is 0.0534. The molecule has 104 valence electrons. The van der Waals surface area contributed by atoms with E-state index in [1.807, 2.05) is 12.1 Å². The van der Waals surface area contributed by atoms with Gasteiger partial charge in [-0.3, -0.25) is 9.69 Å². The summed E-state index contributed by atoms with van der Waals surface area (Å²) in [5.74, 6) is 0.0534. The molecule has 1 heterocycles. The molecule has 1 atom stereocenters. The Labute approximate surface area is 120 Å². The highest BCUT2D eigenvalue weighted by Gasteiger charge is 2.23. The summed E-state index contributed by atoms with van der Waals surface area (Å²) in [6, 6.07) is 6.13. The smallest absolute Gasteiger partial charge is 0.159 e. The number of carbonyl (C=O) groups excluding carboxylic acids is 1. The number of hydrogen-bond acceptors (Lipinski definition) is 3. The molecule has 0 aliphatic carbocycles. The molecule has 2 rings (SSSR count). The Kier molecular flexibility index (Phi) is 4.48. The van der Waals surface area contributed by atoms with Gasteiger partial charge in [0.05, 0.1) is 10.7 Å². The van der Waals surface area contributed by atoms with Crippen molar-refractivity contribution in [3.05, 3.63) is 28.8 Å². The normalized spacial score (nSPS) is 20.6. The fourth-order valence-corrected chi connectivity index (χ4v) is 2.97. The molecule has 0 amide bonds. The largest absolute Gasteiger partial charge is 0.367 e. The van der Waals surface area contributed by atoms with Crippen LogP contribution in [-0.2, 0) is 0 Å². The Morgan fingerprint density at radius 1 is 1.42 bits per heavy atom. The topological polar surface area (TPSA) is 23.6 Å². The molecule has 1 aliphatic heterocycles. The second kappa shape index (κ2) is 5.93. The van der Waals surface area contributed by atoms with Crippen molar-refractivity contribution in [2.45, 2.75) is 26.8 Å². The maximum Gasteiger partial charge on any atom is 0.159 e. The number of hydrogen-bond donors (Lipinski definition) is 0. The summed E-state index contributed by atoms with van der Waals surface area (Å²) in [4.78, 5) is 16.1. The van der Waals surface area contributed by atoms with Crippen molar-refractivity contribution >= 4 is 23.1 Å². The number of likely N-dealkylation sites (N-methyl/N-ethyl adjacent to an activating group) is 1. The molecule has 0 radical (unpaired) electrons. The van der Waals surface area contributed by atoms with Crippen LogP contribution >= 0.6 is 11.6 Å². The van der Waals surface area contributed by atoms with E-state index in [4.69, 9.17) is 11.6 Å². The van der Waals surface area contributed by atoms with E-state index in [0.29, 0.717) is 16.6 Å². The first-order chi connectivity index (χ1) is 9.02. The first-order valence-electron chi connectivity index (χ1n) is 6.82. The summed E-state index contributed by atoms with van der Waals surface area (Å²) in [7, 11) is 0. The van der Waals surface area contributed by atoms with Crippen molar-refractivity contribution in [3.8, 4) is 0 Å². The molecule has 1 unspecified atom stereocenters. The molecule has 0 N–H and O–H groups in total. The van der Waals surface area contributed by atoms with Gasteiger partial charge in [-0.05, 0) is 38.6 Å². The zero-order chi connectivity index (χ0) is 14.0. The van der Waals surface area contributed by atoms with Crippen LogP contribution in [0.3, 0.4) is 0 Å². The highest BCUT2D eigenvalue weighted by molar-refractivity contribution is 6.33. The van der Waals surface area contributed by atoms with Gasteiger partial charge in [0.1, 0.15) is 0 Å². The van der Waals surface area contributed by atoms with Gasteiger partial charge in [0.2, 0.25) is 0 Å². The highest BCUT2D eigenvalue weighted by atomic mass is 35.5. The van der Waals surface area contributed by atoms with Crippen molar-refractivity contribution in [1.29, 1.82) is 0 Å². The zero-order valence-electron chi connectivity index (χ0n) is 11.8. The van der Waals surface area contributed by atoms with Crippen LogP contribution in [0.4, 0.5) is 5.69 Å². The maximum absolute atomic E-state index is 11.3. The quantitative estimate of drug-likeness (QED) is 0.795. The number of carbonyl (C=O) groups is 1. The second-order valence-electron chi connectivity index (χ2n) is 5.15. The van der Waals surface area contributed by atoms with Gasteiger partial charge in [0.25, 0.3) is 0 Å². The summed E-state index contributed by atoms with van der Waals surface area (Å²) in [5.41, 5.74) is 1.71. The molecule has 1 saturated heterocycles. The van der Waals surface area contributed by atoms with Crippen molar-refractivity contribution in [3.63, 3.8) is 0 Å². The Balaban J connectivity index is 2.17. The van der Waals surface area contributed by atoms with Gasteiger partial charge in [0, 0.05) is 31.2 Å². The van der Waals surface area contributed by atoms with Crippen molar-refractivity contribution in [1.82, 2.24) is 4.90 Å². The third-order valence-electron chi connectivity index (χ3n) is 3.87. The van der Waals surface area contributed by atoms with Gasteiger partial charge < -0.3 is 4.90 Å². The molecule has 1 aromatic carbocycles. The molecule has 19 heavy (non-hydrogen) atoms. The Morgan fingerprint density at radius 2 is 2.16 bits per heavy atom. The van der Waals surface area contributed by atoms with Gasteiger partial charge in [-0.2, -0.15) is 0 Å². The van der Waals surface area contributed by atoms with Crippen molar-refractivity contribution in [2.75, 3.05) is 31.1 Å². The highest BCUT2D eigenvalue weighted by Crippen LogP contribution is 2.29. The first-order valence-corrected chi connectivity index (χ1v) is 7.20. The maximum atomic E-state index is 11.3. The van der Waals surface area contributed by atoms with Crippen LogP contribution in [0.1, 0.15) is 31.1 Å². The van der Waals surface area contributed by atoms with Crippen LogP contribution in [0, 0.1) is 0 Å². The fourth-order valence-electron chi connectivity index (χ4n) is 2.67. The Bertz CT molecular complexity index is 475. The Hall–Kier alpha value is -1.06. The molecule has 0 aromatic heterocycles. The Morgan fingerprint density at radius 3 is 2.68 bits per heavy atom. The van der Waals surface area contributed by atoms with Gasteiger partial charge in [-0.1, -0.05) is 18.5 Å². The standard InChI is InChI=1S/C15H21ClN2O/c1-4-17-7-8-18(10-11(17)2)15-6-5-13(12(3)19)9-14(15)16/h5-6,9,11H,4,7-8,10H2,1-3H3. The average molecular weight is 281 g/mol. The first kappa shape index (κ1) is 14.4. The van der Waals surface area contributed by atoms with Crippen LogP contribution < -0.4 is 4.90 Å². The lowest BCUT2D eigenvalue weighted by molar-refractivity contribution is 0.101. The summed E-state index contributed by atoms with van der Waals surface area (Å²) >= 11 is 6.32. The molecule has 0 saturated carbocycles. The van der Waals surface area contributed by atoms with E-state index >= 15 is 0 Å². The number of Topliss-reactive ketones (excluding diaryl/α,β-unsaturated/α-hetero) is 1. The monoisotopic (exact) mass is 280 g/mol. The number of rotatable bonds is 3. The molecule has 3 nitrogen and oxygen atoms in total. The molecule has 0 spiro atoms. The number of piperazine rings is 1. The molecular weight excluding hydrogens is 260 g/mol. The van der Waals surface area contributed by atoms with E-state index in [2.05, 4.69) is 23.6 Å². The lowest BCUT2D eigenvalue weighted by atomic mass is 10.1. The van der Waals surface area contributed by atoms with E-state index < -0.39 is 0 Å². The lowest BCUT2D eigenvalue weighted by Crippen LogP contribution is -2.51. The van der Waals surface area contributed by atoms with E-state index in [1.54, 1.807) is 13.0 Å². The minimum Gasteiger partial charge on any atom is -0.367 e. The molecule has 1 fully saturated rings. The van der Waals surface area contributed by atoms with Crippen LogP contribution in [0.25, 0.3) is 0 Å². The summed E-state index contributed by atoms with van der Waals surface area (Å²) < 4.78 is 0. The van der Waals surface area contributed by atoms with Crippen LogP contribution in [0.2, 0.25) is 5.02 Å². The molecular formula is C15H21ClN2O. The number of anilines is 1. The number of nitrogens with zero attached hydrogens (tertiary/aromatic N) is 2. The van der Waals surface area contributed by atoms with E-state index in [9.17, 15) is 4.79 Å². The third kappa shape index (κ3) is 3.10. The average Bonchev–Trinajstić information content (AvgIpc) is 2.38. The molecule has 1 aromatic rings. The van der Waals surface area contributed by atoms with Crippen molar-refractivity contribution in [2.24, 2.45) is 0 Å². The number of benzene rings is 1. The van der Waals surface area contributed by atoms with Gasteiger partial charge in [0.15, 0.2) is 5.78 Å². The summed E-state index contributed by atoms with van der Waals surface area (Å²) in [6.45, 7) is 10.1. The van der Waals surface area contributed by atoms with Gasteiger partial charge in [-0.15, -0.1) is 0 Å². The van der Waals surface area contributed by atoms with Crippen LogP contribution in [0.15, 0.2) is 18.2 Å². The van der Waals surface area contributed by atoms with Crippen LogP contribution in [0.5, 0.6) is 0 Å². The summed E-state index contributed by atoms with van der Waals surface area (Å²) in [6.07, 6.45) is 0. The SMILES string of the molecule is CCN1CCN(c2ccc(C(C)=O)cc2Cl)CC1C. The van der Waals surface area contributed by atoms with Gasteiger partial charge >= 0.3 is 0 Å². The van der Waals surface area contributed by atoms with E-state index in [-0.39, 0.29) is 5.78 Å². The van der Waals surface area contributed by atoms with Crippen molar-refractivity contribution < 1.29 is 4.79 Å². The van der Waals surface area contributed by atoms with E-state index in [0.717, 1.165) is 31.9 Å². The van der Waals surface area contributed by atoms with Gasteiger partial charge in [-0.25, -0.2) is 0 Å². The van der Waals surface area contributed by atoms with E-state index in [1.165, 1.54) is 0 Å². The molecule has 1 aliphatic rings. The number of ketones is 1. The summed E-state index contributed by atoms with van der Waals surface area (Å²) in [5, 5.41) is 0.671. The number of halogens is 1.